The Kier molecular flexibility index (Phi) is 3.00. The van der Waals surface area contributed by atoms with E-state index in [0.29, 0.717) is 17.9 Å². The highest BCUT2D eigenvalue weighted by Gasteiger charge is 2.33. The minimum Gasteiger partial charge on any atom is -0.339 e. The molecule has 1 amide bonds. The van der Waals surface area contributed by atoms with Crippen molar-refractivity contribution in [2.45, 2.75) is 32.7 Å². The summed E-state index contributed by atoms with van der Waals surface area (Å²) in [7, 11) is 0. The summed E-state index contributed by atoms with van der Waals surface area (Å²) < 4.78 is 3.16. The quantitative estimate of drug-likeness (QED) is 0.822. The lowest BCUT2D eigenvalue weighted by Gasteiger charge is -2.17. The molecule has 2 fully saturated rings. The standard InChI is InChI=1S/C14H19BrN2O/c1-9-6-16(7-10(9)2)14(18)13-5-11(15)8-17(13)12-3-4-12/h5,8-10,12H,3-4,6-7H2,1-2H3. The summed E-state index contributed by atoms with van der Waals surface area (Å²) in [5.41, 5.74) is 0.852. The van der Waals surface area contributed by atoms with Crippen LogP contribution in [0.25, 0.3) is 0 Å². The van der Waals surface area contributed by atoms with E-state index in [1.54, 1.807) is 0 Å². The average Bonchev–Trinajstić information content (AvgIpc) is 3.02. The third-order valence-corrected chi connectivity index (χ3v) is 4.68. The lowest BCUT2D eigenvalue weighted by atomic mass is 10.0. The molecule has 98 valence electrons. The van der Waals surface area contributed by atoms with Crippen LogP contribution in [0.3, 0.4) is 0 Å². The number of likely N-dealkylation sites (tertiary alicyclic amines) is 1. The minimum absolute atomic E-state index is 0.198. The van der Waals surface area contributed by atoms with Gasteiger partial charge in [0.2, 0.25) is 0 Å². The molecule has 2 aliphatic rings. The van der Waals surface area contributed by atoms with Crippen molar-refractivity contribution in [1.82, 2.24) is 9.47 Å². The summed E-state index contributed by atoms with van der Waals surface area (Å²) in [5, 5.41) is 0. The maximum atomic E-state index is 12.6. The first kappa shape index (κ1) is 12.3. The van der Waals surface area contributed by atoms with Crippen molar-refractivity contribution >= 4 is 21.8 Å². The molecular formula is C14H19BrN2O. The van der Waals surface area contributed by atoms with E-state index in [1.807, 2.05) is 17.2 Å². The first-order valence-corrected chi connectivity index (χ1v) is 7.52. The lowest BCUT2D eigenvalue weighted by Crippen LogP contribution is -2.30. The van der Waals surface area contributed by atoms with Crippen LogP contribution in [0.5, 0.6) is 0 Å². The lowest BCUT2D eigenvalue weighted by molar-refractivity contribution is 0.0774. The van der Waals surface area contributed by atoms with Crippen LogP contribution in [0.4, 0.5) is 0 Å². The van der Waals surface area contributed by atoms with Gasteiger partial charge in [0, 0.05) is 29.8 Å². The van der Waals surface area contributed by atoms with Gasteiger partial charge in [0.25, 0.3) is 5.91 Å². The van der Waals surface area contributed by atoms with Crippen LogP contribution in [0.2, 0.25) is 0 Å². The largest absolute Gasteiger partial charge is 0.339 e. The molecule has 1 aromatic heterocycles. The number of nitrogens with zero attached hydrogens (tertiary/aromatic N) is 2. The van der Waals surface area contributed by atoms with E-state index >= 15 is 0 Å². The molecule has 0 spiro atoms. The van der Waals surface area contributed by atoms with Gasteiger partial charge in [-0.05, 0) is 46.7 Å². The van der Waals surface area contributed by atoms with Gasteiger partial charge in [0.1, 0.15) is 5.69 Å². The maximum Gasteiger partial charge on any atom is 0.270 e. The topological polar surface area (TPSA) is 25.2 Å². The van der Waals surface area contributed by atoms with Gasteiger partial charge in [0.15, 0.2) is 0 Å². The zero-order valence-corrected chi connectivity index (χ0v) is 12.5. The van der Waals surface area contributed by atoms with Gasteiger partial charge in [-0.1, -0.05) is 13.8 Å². The van der Waals surface area contributed by atoms with Gasteiger partial charge in [-0.3, -0.25) is 4.79 Å². The number of aromatic nitrogens is 1. The Bertz CT molecular complexity index is 468. The highest BCUT2D eigenvalue weighted by molar-refractivity contribution is 9.10. The second-order valence-electron chi connectivity index (χ2n) is 5.85. The number of amides is 1. The van der Waals surface area contributed by atoms with Gasteiger partial charge < -0.3 is 9.47 Å². The average molecular weight is 311 g/mol. The van der Waals surface area contributed by atoms with Crippen LogP contribution in [0.1, 0.15) is 43.2 Å². The Morgan fingerprint density at radius 2 is 1.89 bits per heavy atom. The minimum atomic E-state index is 0.198. The number of carbonyl (C=O) groups is 1. The molecule has 1 aromatic rings. The molecule has 0 bridgehead atoms. The fourth-order valence-electron chi connectivity index (χ4n) is 2.73. The van der Waals surface area contributed by atoms with Crippen LogP contribution in [0, 0.1) is 11.8 Å². The number of halogens is 1. The van der Waals surface area contributed by atoms with E-state index < -0.39 is 0 Å². The predicted molar refractivity (Wildman–Crippen MR) is 74.6 cm³/mol. The van der Waals surface area contributed by atoms with Crippen molar-refractivity contribution in [3.63, 3.8) is 0 Å². The Balaban J connectivity index is 1.84. The second kappa shape index (κ2) is 4.41. The molecule has 2 unspecified atom stereocenters. The highest BCUT2D eigenvalue weighted by Crippen LogP contribution is 2.38. The summed E-state index contributed by atoms with van der Waals surface area (Å²) in [5.74, 6) is 1.42. The SMILES string of the molecule is CC1CN(C(=O)c2cc(Br)cn2C2CC2)CC1C. The second-order valence-corrected chi connectivity index (χ2v) is 6.76. The fraction of sp³-hybridized carbons (Fsp3) is 0.643. The van der Waals surface area contributed by atoms with Crippen molar-refractivity contribution in [2.24, 2.45) is 11.8 Å². The van der Waals surface area contributed by atoms with E-state index in [9.17, 15) is 4.79 Å². The van der Waals surface area contributed by atoms with Crippen molar-refractivity contribution in [1.29, 1.82) is 0 Å². The first-order chi connectivity index (χ1) is 8.56. The van der Waals surface area contributed by atoms with Crippen LogP contribution < -0.4 is 0 Å². The molecule has 2 atom stereocenters. The van der Waals surface area contributed by atoms with Gasteiger partial charge in [-0.2, -0.15) is 0 Å². The number of rotatable bonds is 2. The molecule has 18 heavy (non-hydrogen) atoms. The third kappa shape index (κ3) is 2.11. The normalized spacial score (nSPS) is 27.8. The van der Waals surface area contributed by atoms with E-state index in [1.165, 1.54) is 12.8 Å². The van der Waals surface area contributed by atoms with Crippen LogP contribution in [0.15, 0.2) is 16.7 Å². The zero-order valence-electron chi connectivity index (χ0n) is 10.9. The summed E-state index contributed by atoms with van der Waals surface area (Å²) in [4.78, 5) is 14.6. The van der Waals surface area contributed by atoms with Crippen molar-refractivity contribution < 1.29 is 4.79 Å². The van der Waals surface area contributed by atoms with Crippen molar-refractivity contribution in [3.05, 3.63) is 22.4 Å². The van der Waals surface area contributed by atoms with E-state index in [4.69, 9.17) is 0 Å². The molecular weight excluding hydrogens is 292 g/mol. The van der Waals surface area contributed by atoms with E-state index in [2.05, 4.69) is 34.3 Å². The molecule has 4 heteroatoms. The Morgan fingerprint density at radius 1 is 1.28 bits per heavy atom. The predicted octanol–water partition coefficient (Wildman–Crippen LogP) is 3.31. The van der Waals surface area contributed by atoms with Gasteiger partial charge in [-0.15, -0.1) is 0 Å². The molecule has 1 aliphatic heterocycles. The number of hydrogen-bond acceptors (Lipinski definition) is 1. The van der Waals surface area contributed by atoms with E-state index in [-0.39, 0.29) is 5.91 Å². The van der Waals surface area contributed by atoms with Gasteiger partial charge >= 0.3 is 0 Å². The molecule has 2 heterocycles. The summed E-state index contributed by atoms with van der Waals surface area (Å²) >= 11 is 3.49. The molecule has 0 aromatic carbocycles. The molecule has 3 rings (SSSR count). The first-order valence-electron chi connectivity index (χ1n) is 6.73. The third-order valence-electron chi connectivity index (χ3n) is 4.25. The smallest absolute Gasteiger partial charge is 0.270 e. The van der Waals surface area contributed by atoms with Crippen LogP contribution in [-0.4, -0.2) is 28.5 Å². The number of carbonyl (C=O) groups excluding carboxylic acids is 1. The van der Waals surface area contributed by atoms with Crippen LogP contribution in [-0.2, 0) is 0 Å². The monoisotopic (exact) mass is 310 g/mol. The van der Waals surface area contributed by atoms with Crippen LogP contribution >= 0.6 is 15.9 Å². The molecule has 0 N–H and O–H groups in total. The van der Waals surface area contributed by atoms with Gasteiger partial charge in [-0.25, -0.2) is 0 Å². The summed E-state index contributed by atoms with van der Waals surface area (Å²) in [6, 6.07) is 2.52. The Labute approximate surface area is 116 Å². The Morgan fingerprint density at radius 3 is 2.44 bits per heavy atom. The van der Waals surface area contributed by atoms with Crippen molar-refractivity contribution in [2.75, 3.05) is 13.1 Å². The molecule has 1 aliphatic carbocycles. The molecule has 1 saturated heterocycles. The zero-order chi connectivity index (χ0) is 12.9. The molecule has 1 saturated carbocycles. The maximum absolute atomic E-state index is 12.6. The van der Waals surface area contributed by atoms with Gasteiger partial charge in [0.05, 0.1) is 0 Å². The Hall–Kier alpha value is -0.770. The molecule has 3 nitrogen and oxygen atoms in total. The van der Waals surface area contributed by atoms with E-state index in [0.717, 1.165) is 23.3 Å². The number of hydrogen-bond donors (Lipinski definition) is 0. The summed E-state index contributed by atoms with van der Waals surface area (Å²) in [6.45, 7) is 6.25. The fourth-order valence-corrected chi connectivity index (χ4v) is 3.17. The van der Waals surface area contributed by atoms with Crippen molar-refractivity contribution in [3.8, 4) is 0 Å². The molecule has 0 radical (unpaired) electrons. The summed E-state index contributed by atoms with van der Waals surface area (Å²) in [6.07, 6.45) is 4.45. The highest BCUT2D eigenvalue weighted by atomic mass is 79.9.